The average Bonchev–Trinajstić information content (AvgIpc) is 3.09. The van der Waals surface area contributed by atoms with Crippen LogP contribution in [0.25, 0.3) is 0 Å². The quantitative estimate of drug-likeness (QED) is 0.597. The zero-order valence-electron chi connectivity index (χ0n) is 15.6. The van der Waals surface area contributed by atoms with E-state index in [-0.39, 0.29) is 6.09 Å². The Balaban J connectivity index is 1.75. The second-order valence-electron chi connectivity index (χ2n) is 7.09. The van der Waals surface area contributed by atoms with Gasteiger partial charge in [-0.3, -0.25) is 4.99 Å². The van der Waals surface area contributed by atoms with Crippen LogP contribution >= 0.6 is 0 Å². The van der Waals surface area contributed by atoms with Crippen molar-refractivity contribution in [3.63, 3.8) is 0 Å². The first-order chi connectivity index (χ1) is 11.6. The molecule has 0 atom stereocenters. The third-order valence-electron chi connectivity index (χ3n) is 5.63. The van der Waals surface area contributed by atoms with Gasteiger partial charge in [0.2, 0.25) is 0 Å². The van der Waals surface area contributed by atoms with E-state index in [0.717, 1.165) is 38.4 Å². The van der Waals surface area contributed by atoms with Gasteiger partial charge < -0.3 is 20.3 Å². The third kappa shape index (κ3) is 5.02. The lowest BCUT2D eigenvalue weighted by Crippen LogP contribution is -2.51. The second-order valence-corrected chi connectivity index (χ2v) is 7.09. The highest BCUT2D eigenvalue weighted by Crippen LogP contribution is 2.40. The minimum Gasteiger partial charge on any atom is -0.450 e. The summed E-state index contributed by atoms with van der Waals surface area (Å²) in [6.07, 6.45) is 8.26. The minimum absolute atomic E-state index is 0.190. The summed E-state index contributed by atoms with van der Waals surface area (Å²) in [5.74, 6) is 0.893. The summed E-state index contributed by atoms with van der Waals surface area (Å²) in [6.45, 7) is 7.07. The number of piperidine rings is 1. The lowest BCUT2D eigenvalue weighted by Gasteiger charge is -2.33. The Labute approximate surface area is 146 Å². The van der Waals surface area contributed by atoms with Crippen LogP contribution in [-0.4, -0.2) is 56.3 Å². The molecule has 2 fully saturated rings. The third-order valence-corrected chi connectivity index (χ3v) is 5.63. The number of guanidine groups is 1. The molecule has 1 saturated heterocycles. The van der Waals surface area contributed by atoms with Crippen LogP contribution in [0.2, 0.25) is 0 Å². The van der Waals surface area contributed by atoms with Crippen LogP contribution in [0.3, 0.4) is 0 Å². The largest absolute Gasteiger partial charge is 0.450 e. The predicted molar refractivity (Wildman–Crippen MR) is 97.3 cm³/mol. The van der Waals surface area contributed by atoms with Gasteiger partial charge in [-0.05, 0) is 44.4 Å². The summed E-state index contributed by atoms with van der Waals surface area (Å²) in [5, 5.41) is 7.06. The molecule has 2 aliphatic rings. The lowest BCUT2D eigenvalue weighted by molar-refractivity contribution is 0.0963. The Bertz CT molecular complexity index is 425. The standard InChI is InChI=1S/C18H34N4O2/c1-4-18(10-6-7-11-18)14-20-16(19-3)21-15-8-12-22(13-9-15)17(23)24-5-2/h15H,4-14H2,1-3H3,(H2,19,20,21). The number of carbonyl (C=O) groups excluding carboxylic acids is 1. The molecule has 0 aromatic rings. The number of carbonyl (C=O) groups is 1. The number of hydrogen-bond acceptors (Lipinski definition) is 3. The van der Waals surface area contributed by atoms with Gasteiger partial charge in [-0.2, -0.15) is 0 Å². The van der Waals surface area contributed by atoms with Gasteiger partial charge in [-0.15, -0.1) is 0 Å². The van der Waals surface area contributed by atoms with Gasteiger partial charge in [0.05, 0.1) is 6.61 Å². The molecule has 0 bridgehead atoms. The molecule has 0 radical (unpaired) electrons. The van der Waals surface area contributed by atoms with E-state index in [1.807, 2.05) is 14.0 Å². The van der Waals surface area contributed by atoms with E-state index in [9.17, 15) is 4.79 Å². The van der Waals surface area contributed by atoms with Crippen LogP contribution < -0.4 is 10.6 Å². The molecular formula is C18H34N4O2. The summed E-state index contributed by atoms with van der Waals surface area (Å²) in [6, 6.07) is 0.364. The molecule has 2 N–H and O–H groups in total. The van der Waals surface area contributed by atoms with E-state index >= 15 is 0 Å². The van der Waals surface area contributed by atoms with Gasteiger partial charge in [0.1, 0.15) is 0 Å². The highest BCUT2D eigenvalue weighted by Gasteiger charge is 2.32. The first kappa shape index (κ1) is 18.9. The van der Waals surface area contributed by atoms with Gasteiger partial charge in [0.25, 0.3) is 0 Å². The number of ether oxygens (including phenoxy) is 1. The zero-order chi connectivity index (χ0) is 17.4. The molecule has 24 heavy (non-hydrogen) atoms. The van der Waals surface area contributed by atoms with Crippen molar-refractivity contribution >= 4 is 12.1 Å². The molecule has 0 unspecified atom stereocenters. The number of rotatable bonds is 5. The molecule has 1 aliphatic heterocycles. The molecular weight excluding hydrogens is 304 g/mol. The fourth-order valence-electron chi connectivity index (χ4n) is 3.86. The van der Waals surface area contributed by atoms with Crippen LogP contribution in [-0.2, 0) is 4.74 Å². The smallest absolute Gasteiger partial charge is 0.409 e. The normalized spacial score (nSPS) is 21.6. The number of nitrogens with one attached hydrogen (secondary N) is 2. The number of likely N-dealkylation sites (tertiary alicyclic amines) is 1. The number of nitrogens with zero attached hydrogens (tertiary/aromatic N) is 2. The Kier molecular flexibility index (Phi) is 7.18. The monoisotopic (exact) mass is 338 g/mol. The van der Waals surface area contributed by atoms with Gasteiger partial charge in [0.15, 0.2) is 5.96 Å². The van der Waals surface area contributed by atoms with E-state index in [2.05, 4.69) is 22.5 Å². The summed E-state index contributed by atoms with van der Waals surface area (Å²) < 4.78 is 5.07. The number of amides is 1. The molecule has 0 aromatic carbocycles. The predicted octanol–water partition coefficient (Wildman–Crippen LogP) is 2.74. The minimum atomic E-state index is -0.190. The number of hydrogen-bond donors (Lipinski definition) is 2. The molecule has 1 heterocycles. The van der Waals surface area contributed by atoms with E-state index in [1.54, 1.807) is 4.90 Å². The Morgan fingerprint density at radius 1 is 1.25 bits per heavy atom. The molecule has 0 aromatic heterocycles. The van der Waals surface area contributed by atoms with E-state index in [4.69, 9.17) is 4.74 Å². The summed E-state index contributed by atoms with van der Waals surface area (Å²) in [4.78, 5) is 17.9. The SMILES string of the molecule is CCOC(=O)N1CCC(NC(=NC)NCC2(CC)CCCC2)CC1. The van der Waals surface area contributed by atoms with Crippen LogP contribution in [0.5, 0.6) is 0 Å². The fourth-order valence-corrected chi connectivity index (χ4v) is 3.86. The van der Waals surface area contributed by atoms with Gasteiger partial charge in [0, 0.05) is 32.7 Å². The molecule has 138 valence electrons. The van der Waals surface area contributed by atoms with E-state index < -0.39 is 0 Å². The summed E-state index contributed by atoms with van der Waals surface area (Å²) >= 11 is 0. The first-order valence-corrected chi connectivity index (χ1v) is 9.51. The first-order valence-electron chi connectivity index (χ1n) is 9.51. The van der Waals surface area contributed by atoms with Crippen molar-refractivity contribution in [2.24, 2.45) is 10.4 Å². The maximum atomic E-state index is 11.7. The Morgan fingerprint density at radius 2 is 1.92 bits per heavy atom. The molecule has 0 spiro atoms. The van der Waals surface area contributed by atoms with Crippen molar-refractivity contribution in [1.29, 1.82) is 0 Å². The van der Waals surface area contributed by atoms with Gasteiger partial charge >= 0.3 is 6.09 Å². The average molecular weight is 338 g/mol. The van der Waals surface area contributed by atoms with Crippen molar-refractivity contribution < 1.29 is 9.53 Å². The zero-order valence-corrected chi connectivity index (χ0v) is 15.6. The Morgan fingerprint density at radius 3 is 2.46 bits per heavy atom. The Hall–Kier alpha value is -1.46. The number of aliphatic imine (C=N–C) groups is 1. The van der Waals surface area contributed by atoms with E-state index in [0.29, 0.717) is 18.1 Å². The summed E-state index contributed by atoms with van der Waals surface area (Å²) in [5.41, 5.74) is 0.449. The molecule has 1 amide bonds. The summed E-state index contributed by atoms with van der Waals surface area (Å²) in [7, 11) is 1.83. The topological polar surface area (TPSA) is 66.0 Å². The maximum absolute atomic E-state index is 11.7. The molecule has 1 saturated carbocycles. The van der Waals surface area contributed by atoms with E-state index in [1.165, 1.54) is 32.1 Å². The molecule has 6 nitrogen and oxygen atoms in total. The van der Waals surface area contributed by atoms with Crippen molar-refractivity contribution in [2.75, 3.05) is 33.3 Å². The van der Waals surface area contributed by atoms with Crippen molar-refractivity contribution in [2.45, 2.75) is 64.8 Å². The maximum Gasteiger partial charge on any atom is 0.409 e. The molecule has 1 aliphatic carbocycles. The van der Waals surface area contributed by atoms with Crippen LogP contribution in [0.1, 0.15) is 58.8 Å². The lowest BCUT2D eigenvalue weighted by atomic mass is 9.83. The highest BCUT2D eigenvalue weighted by atomic mass is 16.6. The van der Waals surface area contributed by atoms with Crippen LogP contribution in [0.4, 0.5) is 4.79 Å². The molecule has 2 rings (SSSR count). The van der Waals surface area contributed by atoms with Crippen LogP contribution in [0, 0.1) is 5.41 Å². The van der Waals surface area contributed by atoms with Crippen molar-refractivity contribution in [3.05, 3.63) is 0 Å². The fraction of sp³-hybridized carbons (Fsp3) is 0.889. The van der Waals surface area contributed by atoms with Gasteiger partial charge in [-0.25, -0.2) is 4.79 Å². The van der Waals surface area contributed by atoms with Crippen molar-refractivity contribution in [1.82, 2.24) is 15.5 Å². The van der Waals surface area contributed by atoms with Crippen molar-refractivity contribution in [3.8, 4) is 0 Å². The highest BCUT2D eigenvalue weighted by molar-refractivity contribution is 5.80. The van der Waals surface area contributed by atoms with Crippen LogP contribution in [0.15, 0.2) is 4.99 Å². The van der Waals surface area contributed by atoms with Gasteiger partial charge in [-0.1, -0.05) is 19.8 Å². The molecule has 6 heteroatoms. The second kappa shape index (κ2) is 9.14.